The van der Waals surface area contributed by atoms with Crippen LogP contribution in [0.15, 0.2) is 41.4 Å². The summed E-state index contributed by atoms with van der Waals surface area (Å²) in [6.45, 7) is 0.356. The van der Waals surface area contributed by atoms with Crippen molar-refractivity contribution >= 4 is 17.6 Å². The number of aliphatic hydroxyl groups is 1. The van der Waals surface area contributed by atoms with Crippen LogP contribution >= 0.6 is 11.6 Å². The van der Waals surface area contributed by atoms with Crippen LogP contribution in [0.1, 0.15) is 30.4 Å². The lowest BCUT2D eigenvalue weighted by atomic mass is 9.67. The van der Waals surface area contributed by atoms with E-state index in [9.17, 15) is 10.4 Å². The first-order valence-electron chi connectivity index (χ1n) is 9.67. The average molecular weight is 410 g/mol. The van der Waals surface area contributed by atoms with E-state index in [1.165, 1.54) is 0 Å². The monoisotopic (exact) mass is 409 g/mol. The van der Waals surface area contributed by atoms with Gasteiger partial charge < -0.3 is 20.3 Å². The molecule has 6 nitrogen and oxygen atoms in total. The fraction of sp³-hybridized carbons (Fsp3) is 0.364. The molecular formula is C22H20ClN3O3. The molecule has 2 aromatic rings. The van der Waals surface area contributed by atoms with Crippen molar-refractivity contribution in [3.8, 4) is 22.9 Å². The maximum Gasteiger partial charge on any atom is 0.283 e. The van der Waals surface area contributed by atoms with Crippen LogP contribution in [0.3, 0.4) is 0 Å². The predicted octanol–water partition coefficient (Wildman–Crippen LogP) is 3.34. The second kappa shape index (κ2) is 6.65. The first kappa shape index (κ1) is 18.3. The van der Waals surface area contributed by atoms with Gasteiger partial charge in [-0.25, -0.2) is 4.99 Å². The minimum atomic E-state index is -0.630. The van der Waals surface area contributed by atoms with Gasteiger partial charge >= 0.3 is 0 Å². The number of amidine groups is 1. The lowest BCUT2D eigenvalue weighted by Gasteiger charge is -2.47. The van der Waals surface area contributed by atoms with Gasteiger partial charge in [-0.05, 0) is 54.3 Å². The topological polar surface area (TPSA) is 101 Å². The van der Waals surface area contributed by atoms with E-state index in [0.717, 1.165) is 28.9 Å². The van der Waals surface area contributed by atoms with E-state index < -0.39 is 5.54 Å². The van der Waals surface area contributed by atoms with Gasteiger partial charge in [-0.15, -0.1) is 0 Å². The Morgan fingerprint density at radius 2 is 2.07 bits per heavy atom. The molecule has 0 amide bonds. The van der Waals surface area contributed by atoms with Crippen LogP contribution in [0.2, 0.25) is 5.02 Å². The summed E-state index contributed by atoms with van der Waals surface area (Å²) in [5, 5.41) is 19.9. The highest BCUT2D eigenvalue weighted by Gasteiger charge is 2.55. The van der Waals surface area contributed by atoms with Crippen molar-refractivity contribution in [1.82, 2.24) is 0 Å². The molecule has 2 heterocycles. The van der Waals surface area contributed by atoms with Gasteiger partial charge in [0.1, 0.15) is 24.0 Å². The molecule has 4 atom stereocenters. The molecule has 7 heteroatoms. The van der Waals surface area contributed by atoms with Crippen molar-refractivity contribution in [2.24, 2.45) is 16.6 Å². The number of halogens is 1. The van der Waals surface area contributed by atoms with Crippen LogP contribution in [0.25, 0.3) is 11.1 Å². The normalized spacial score (nSPS) is 29.8. The largest absolute Gasteiger partial charge is 0.490 e. The summed E-state index contributed by atoms with van der Waals surface area (Å²) in [4.78, 5) is 4.75. The highest BCUT2D eigenvalue weighted by atomic mass is 35.5. The molecule has 0 aromatic heterocycles. The van der Waals surface area contributed by atoms with Crippen LogP contribution in [0.5, 0.6) is 5.75 Å². The third-order valence-corrected chi connectivity index (χ3v) is 6.43. The molecule has 148 valence electrons. The van der Waals surface area contributed by atoms with Crippen molar-refractivity contribution in [3.63, 3.8) is 0 Å². The second-order valence-corrected chi connectivity index (χ2v) is 8.38. The van der Waals surface area contributed by atoms with E-state index in [1.54, 1.807) is 6.07 Å². The minimum Gasteiger partial charge on any atom is -0.490 e. The van der Waals surface area contributed by atoms with Gasteiger partial charge in [0.2, 0.25) is 0 Å². The zero-order valence-electron chi connectivity index (χ0n) is 15.6. The van der Waals surface area contributed by atoms with Gasteiger partial charge in [-0.1, -0.05) is 17.7 Å². The van der Waals surface area contributed by atoms with Gasteiger partial charge in [0.25, 0.3) is 6.02 Å². The molecule has 1 aliphatic carbocycles. The number of benzene rings is 2. The Hall–Kier alpha value is -2.75. The Morgan fingerprint density at radius 3 is 2.83 bits per heavy atom. The number of fused-ring (bicyclic) bond motifs is 4. The number of aliphatic imine (C=N–C) groups is 1. The molecule has 2 aliphatic heterocycles. The molecule has 0 bridgehead atoms. The van der Waals surface area contributed by atoms with Crippen molar-refractivity contribution < 1.29 is 14.6 Å². The third-order valence-electron chi connectivity index (χ3n) is 6.21. The highest BCUT2D eigenvalue weighted by molar-refractivity contribution is 6.31. The van der Waals surface area contributed by atoms with E-state index in [1.807, 2.05) is 30.3 Å². The molecule has 0 saturated heterocycles. The van der Waals surface area contributed by atoms with Gasteiger partial charge in [0.15, 0.2) is 0 Å². The van der Waals surface area contributed by atoms with Gasteiger partial charge in [0.05, 0.1) is 17.7 Å². The smallest absolute Gasteiger partial charge is 0.283 e. The second-order valence-electron chi connectivity index (χ2n) is 7.94. The van der Waals surface area contributed by atoms with Gasteiger partial charge in [-0.2, -0.15) is 5.26 Å². The van der Waals surface area contributed by atoms with Crippen LogP contribution < -0.4 is 10.5 Å². The van der Waals surface area contributed by atoms with E-state index in [0.29, 0.717) is 30.0 Å². The summed E-state index contributed by atoms with van der Waals surface area (Å²) in [7, 11) is 0. The number of ether oxygens (including phenoxy) is 2. The van der Waals surface area contributed by atoms with Crippen molar-refractivity contribution in [2.45, 2.75) is 37.0 Å². The maximum absolute atomic E-state index is 10.1. The molecule has 5 rings (SSSR count). The van der Waals surface area contributed by atoms with E-state index >= 15 is 0 Å². The number of hydrogen-bond donors (Lipinski definition) is 2. The Kier molecular flexibility index (Phi) is 4.19. The van der Waals surface area contributed by atoms with Crippen molar-refractivity contribution in [2.75, 3.05) is 6.61 Å². The molecule has 3 N–H and O–H groups in total. The fourth-order valence-electron chi connectivity index (χ4n) is 4.89. The molecule has 1 saturated carbocycles. The van der Waals surface area contributed by atoms with Crippen LogP contribution in [-0.2, 0) is 10.3 Å². The summed E-state index contributed by atoms with van der Waals surface area (Å²) in [5.41, 5.74) is 8.50. The molecule has 1 spiro atoms. The van der Waals surface area contributed by atoms with Crippen molar-refractivity contribution in [1.29, 1.82) is 5.26 Å². The Balaban J connectivity index is 1.66. The number of rotatable bonds is 1. The number of nitriles is 1. The summed E-state index contributed by atoms with van der Waals surface area (Å²) in [5.74, 6) is 0.803. The lowest BCUT2D eigenvalue weighted by molar-refractivity contribution is -0.0360. The summed E-state index contributed by atoms with van der Waals surface area (Å²) in [6.07, 6.45) is 1.56. The maximum atomic E-state index is 10.1. The number of hydrogen-bond acceptors (Lipinski definition) is 6. The van der Waals surface area contributed by atoms with Crippen LogP contribution in [0, 0.1) is 17.2 Å². The average Bonchev–Trinajstić information content (AvgIpc) is 3.09. The summed E-state index contributed by atoms with van der Waals surface area (Å²) >= 11 is 6.21. The molecular weight excluding hydrogens is 390 g/mol. The van der Waals surface area contributed by atoms with Crippen molar-refractivity contribution in [3.05, 3.63) is 52.5 Å². The van der Waals surface area contributed by atoms with E-state index in [-0.39, 0.29) is 24.1 Å². The molecule has 4 unspecified atom stereocenters. The van der Waals surface area contributed by atoms with E-state index in [2.05, 4.69) is 6.07 Å². The summed E-state index contributed by atoms with van der Waals surface area (Å²) in [6, 6.07) is 13.5. The summed E-state index contributed by atoms with van der Waals surface area (Å²) < 4.78 is 11.9. The van der Waals surface area contributed by atoms with Crippen LogP contribution in [-0.4, -0.2) is 29.9 Å². The molecule has 3 aliphatic rings. The van der Waals surface area contributed by atoms with E-state index in [4.69, 9.17) is 31.8 Å². The fourth-order valence-corrected chi connectivity index (χ4v) is 5.13. The first-order valence-corrected chi connectivity index (χ1v) is 10.0. The molecule has 29 heavy (non-hydrogen) atoms. The Labute approximate surface area is 173 Å². The van der Waals surface area contributed by atoms with Gasteiger partial charge in [0, 0.05) is 22.9 Å². The zero-order valence-corrected chi connectivity index (χ0v) is 16.4. The Bertz CT molecular complexity index is 1060. The number of aliphatic hydroxyl groups excluding tert-OH is 1. The molecule has 0 radical (unpaired) electrons. The van der Waals surface area contributed by atoms with Crippen LogP contribution in [0.4, 0.5) is 0 Å². The standard InChI is InChI=1S/C22H20ClN3O3/c23-15-6-12(10-24)5-14(7-15)13-1-4-19-18(8-13)22(11-28-21(25)26-22)17-3-2-16(27)9-20(17)29-19/h1,4-8,16-17,20,27H,2-3,9,11H2,(H2,25,26). The quantitative estimate of drug-likeness (QED) is 0.752. The van der Waals surface area contributed by atoms with Gasteiger partial charge in [-0.3, -0.25) is 0 Å². The number of nitrogens with two attached hydrogens (primary N) is 1. The SMILES string of the molecule is N#Cc1cc(Cl)cc(-c2ccc3c(c2)C2(COC(N)=N2)C2CCC(O)CC2O3)c1. The molecule has 1 fully saturated rings. The first-order chi connectivity index (χ1) is 14.0. The third kappa shape index (κ3) is 2.93. The highest BCUT2D eigenvalue weighted by Crippen LogP contribution is 2.53. The lowest BCUT2D eigenvalue weighted by Crippen LogP contribution is -2.51. The number of nitrogens with zero attached hydrogens (tertiary/aromatic N) is 2. The molecule has 2 aromatic carbocycles. The zero-order chi connectivity index (χ0) is 20.2. The minimum absolute atomic E-state index is 0.0729. The Morgan fingerprint density at radius 1 is 1.21 bits per heavy atom. The predicted molar refractivity (Wildman–Crippen MR) is 109 cm³/mol.